The van der Waals surface area contributed by atoms with E-state index in [1.54, 1.807) is 35.2 Å². The van der Waals surface area contributed by atoms with Crippen molar-refractivity contribution in [1.29, 1.82) is 0 Å². The fraction of sp³-hybridized carbons (Fsp3) is 0.300. The van der Waals surface area contributed by atoms with Crippen LogP contribution in [-0.4, -0.2) is 74.4 Å². The number of fused-ring (bicyclic) bond motifs is 1. The molecule has 0 saturated carbocycles. The topological polar surface area (TPSA) is 70.2 Å². The lowest BCUT2D eigenvalue weighted by Crippen LogP contribution is -2.46. The second-order valence-electron chi connectivity index (χ2n) is 9.76. The van der Waals surface area contributed by atoms with Gasteiger partial charge in [-0.1, -0.05) is 48.5 Å². The molecular formula is C30H32FN3O4S2. The van der Waals surface area contributed by atoms with Crippen molar-refractivity contribution in [3.8, 4) is 0 Å². The monoisotopic (exact) mass is 581 g/mol. The number of ether oxygens (including phenoxy) is 1. The Hall–Kier alpha value is -3.15. The van der Waals surface area contributed by atoms with E-state index in [1.807, 2.05) is 41.8 Å². The Morgan fingerprint density at radius 3 is 2.40 bits per heavy atom. The quantitative estimate of drug-likeness (QED) is 0.259. The van der Waals surface area contributed by atoms with Crippen LogP contribution in [0.1, 0.15) is 10.4 Å². The second kappa shape index (κ2) is 13.0. The van der Waals surface area contributed by atoms with Crippen molar-refractivity contribution in [3.05, 3.63) is 101 Å². The minimum atomic E-state index is -3.98. The Morgan fingerprint density at radius 2 is 1.68 bits per heavy atom. The zero-order valence-electron chi connectivity index (χ0n) is 22.1. The van der Waals surface area contributed by atoms with Gasteiger partial charge in [-0.15, -0.1) is 11.3 Å². The van der Waals surface area contributed by atoms with E-state index in [1.165, 1.54) is 27.8 Å². The average molecular weight is 582 g/mol. The van der Waals surface area contributed by atoms with Gasteiger partial charge in [0.2, 0.25) is 15.9 Å². The van der Waals surface area contributed by atoms with Gasteiger partial charge >= 0.3 is 0 Å². The van der Waals surface area contributed by atoms with E-state index in [2.05, 4.69) is 4.90 Å². The number of hydrogen-bond donors (Lipinski definition) is 0. The molecule has 0 aliphatic carbocycles. The fourth-order valence-electron chi connectivity index (χ4n) is 4.72. The Bertz CT molecular complexity index is 1520. The molecule has 1 aliphatic heterocycles. The maximum absolute atomic E-state index is 14.0. The van der Waals surface area contributed by atoms with Gasteiger partial charge in [-0.2, -0.15) is 4.31 Å². The third-order valence-corrected chi connectivity index (χ3v) is 9.71. The smallest absolute Gasteiger partial charge is 0.243 e. The number of carbonyl (C=O) groups is 1. The molecule has 1 amide bonds. The number of halogens is 1. The van der Waals surface area contributed by atoms with Crippen LogP contribution in [0.15, 0.2) is 89.1 Å². The van der Waals surface area contributed by atoms with Crippen molar-refractivity contribution in [2.24, 2.45) is 0 Å². The van der Waals surface area contributed by atoms with Crippen LogP contribution in [0.5, 0.6) is 0 Å². The molecule has 210 valence electrons. The summed E-state index contributed by atoms with van der Waals surface area (Å²) in [5.41, 5.74) is 0.767. The third kappa shape index (κ3) is 7.13. The van der Waals surface area contributed by atoms with Gasteiger partial charge in [-0.25, -0.2) is 12.8 Å². The van der Waals surface area contributed by atoms with Crippen molar-refractivity contribution < 1.29 is 22.3 Å². The summed E-state index contributed by atoms with van der Waals surface area (Å²) in [5.74, 6) is -0.667. The number of carbonyl (C=O) groups excluding carboxylic acids is 1. The number of benzene rings is 3. The normalized spacial score (nSPS) is 14.6. The van der Waals surface area contributed by atoms with E-state index >= 15 is 0 Å². The van der Waals surface area contributed by atoms with Crippen LogP contribution in [0.25, 0.3) is 10.8 Å². The van der Waals surface area contributed by atoms with E-state index < -0.39 is 10.0 Å². The molecule has 1 aromatic heterocycles. The molecule has 0 N–H and O–H groups in total. The molecular weight excluding hydrogens is 549 g/mol. The Labute approximate surface area is 238 Å². The van der Waals surface area contributed by atoms with Crippen molar-refractivity contribution in [3.63, 3.8) is 0 Å². The van der Waals surface area contributed by atoms with Gasteiger partial charge in [0.05, 0.1) is 31.2 Å². The lowest BCUT2D eigenvalue weighted by atomic mass is 10.1. The zero-order valence-corrected chi connectivity index (χ0v) is 23.7. The van der Waals surface area contributed by atoms with Gasteiger partial charge in [0, 0.05) is 37.6 Å². The van der Waals surface area contributed by atoms with Gasteiger partial charge in [-0.3, -0.25) is 9.69 Å². The van der Waals surface area contributed by atoms with E-state index in [4.69, 9.17) is 4.74 Å². The lowest BCUT2D eigenvalue weighted by molar-refractivity contribution is -0.132. The molecule has 3 aromatic carbocycles. The van der Waals surface area contributed by atoms with Crippen molar-refractivity contribution in [1.82, 2.24) is 14.1 Å². The molecule has 1 saturated heterocycles. The predicted molar refractivity (Wildman–Crippen MR) is 155 cm³/mol. The second-order valence-corrected chi connectivity index (χ2v) is 12.7. The average Bonchev–Trinajstić information content (AvgIpc) is 3.49. The summed E-state index contributed by atoms with van der Waals surface area (Å²) in [7, 11) is -3.98. The summed E-state index contributed by atoms with van der Waals surface area (Å²) in [4.78, 5) is 18.7. The third-order valence-electron chi connectivity index (χ3n) is 7.01. The number of rotatable bonds is 11. The Morgan fingerprint density at radius 1 is 0.925 bits per heavy atom. The summed E-state index contributed by atoms with van der Waals surface area (Å²) in [6, 6.07) is 22.5. The first kappa shape index (κ1) is 28.4. The summed E-state index contributed by atoms with van der Waals surface area (Å²) < 4.78 is 48.2. The van der Waals surface area contributed by atoms with E-state index in [-0.39, 0.29) is 36.3 Å². The van der Waals surface area contributed by atoms with Gasteiger partial charge < -0.3 is 9.64 Å². The van der Waals surface area contributed by atoms with Crippen molar-refractivity contribution in [2.45, 2.75) is 18.0 Å². The predicted octanol–water partition coefficient (Wildman–Crippen LogP) is 4.59. The zero-order chi connectivity index (χ0) is 28.0. The maximum atomic E-state index is 14.0. The van der Waals surface area contributed by atoms with Gasteiger partial charge in [-0.05, 0) is 52.0 Å². The van der Waals surface area contributed by atoms with Crippen molar-refractivity contribution >= 4 is 38.0 Å². The maximum Gasteiger partial charge on any atom is 0.243 e. The number of hydrogen-bond acceptors (Lipinski definition) is 6. The molecule has 0 spiro atoms. The summed E-state index contributed by atoms with van der Waals surface area (Å²) in [5, 5.41) is 3.70. The highest BCUT2D eigenvalue weighted by atomic mass is 32.2. The van der Waals surface area contributed by atoms with E-state index in [9.17, 15) is 17.6 Å². The molecule has 1 aliphatic rings. The minimum absolute atomic E-state index is 0.157. The molecule has 10 heteroatoms. The van der Waals surface area contributed by atoms with Crippen LogP contribution < -0.4 is 0 Å². The van der Waals surface area contributed by atoms with Crippen LogP contribution in [0.3, 0.4) is 0 Å². The van der Waals surface area contributed by atoms with Crippen LogP contribution in [-0.2, 0) is 32.6 Å². The number of sulfonamides is 1. The van der Waals surface area contributed by atoms with Crippen molar-refractivity contribution in [2.75, 3.05) is 45.9 Å². The molecule has 0 atom stereocenters. The van der Waals surface area contributed by atoms with Crippen LogP contribution in [0.2, 0.25) is 0 Å². The first-order chi connectivity index (χ1) is 19.4. The number of nitrogens with zero attached hydrogens (tertiary/aromatic N) is 3. The van der Waals surface area contributed by atoms with Crippen LogP contribution in [0, 0.1) is 5.82 Å². The fourth-order valence-corrected chi connectivity index (χ4v) is 6.86. The molecule has 0 bridgehead atoms. The number of amides is 1. The first-order valence-corrected chi connectivity index (χ1v) is 15.5. The highest BCUT2D eigenvalue weighted by molar-refractivity contribution is 7.89. The SMILES string of the molecule is O=C(CN(CCN1CCOCC1)S(=O)(=O)c1ccc2ccccc2c1)N(Cc1ccc(F)cc1)Cc1cccs1. The minimum Gasteiger partial charge on any atom is -0.379 e. The highest BCUT2D eigenvalue weighted by Crippen LogP contribution is 2.23. The Balaban J connectivity index is 1.41. The number of thiophene rings is 1. The van der Waals surface area contributed by atoms with Crippen LogP contribution >= 0.6 is 11.3 Å². The van der Waals surface area contributed by atoms with Gasteiger partial charge in [0.1, 0.15) is 5.82 Å². The molecule has 4 aromatic rings. The lowest BCUT2D eigenvalue weighted by Gasteiger charge is -2.31. The Kier molecular flexibility index (Phi) is 9.23. The van der Waals surface area contributed by atoms with Crippen LogP contribution in [0.4, 0.5) is 4.39 Å². The van der Waals surface area contributed by atoms with Gasteiger partial charge in [0.25, 0.3) is 0 Å². The number of morpholine rings is 1. The molecule has 40 heavy (non-hydrogen) atoms. The van der Waals surface area contributed by atoms with E-state index in [0.717, 1.165) is 21.2 Å². The summed E-state index contributed by atoms with van der Waals surface area (Å²) in [6.45, 7) is 3.57. The first-order valence-electron chi connectivity index (χ1n) is 13.2. The summed E-state index contributed by atoms with van der Waals surface area (Å²) in [6.07, 6.45) is 0. The molecule has 1 fully saturated rings. The molecule has 0 radical (unpaired) electrons. The summed E-state index contributed by atoms with van der Waals surface area (Å²) >= 11 is 1.53. The molecule has 7 nitrogen and oxygen atoms in total. The van der Waals surface area contributed by atoms with Gasteiger partial charge in [0.15, 0.2) is 0 Å². The standard InChI is InChI=1S/C30H32FN3O4S2/c31-27-10-7-24(8-11-27)21-33(22-28-6-3-19-39-28)30(35)23-34(14-13-32-15-17-38-18-16-32)40(36,37)29-12-9-25-4-1-2-5-26(25)20-29/h1-12,19-20H,13-18,21-23H2. The molecule has 2 heterocycles. The molecule has 5 rings (SSSR count). The largest absolute Gasteiger partial charge is 0.379 e. The van der Waals surface area contributed by atoms with E-state index in [0.29, 0.717) is 39.4 Å². The highest BCUT2D eigenvalue weighted by Gasteiger charge is 2.30. The molecule has 0 unspecified atom stereocenters.